The first-order valence-corrected chi connectivity index (χ1v) is 8.53. The van der Waals surface area contributed by atoms with Crippen molar-refractivity contribution in [2.45, 2.75) is 45.5 Å². The van der Waals surface area contributed by atoms with Gasteiger partial charge in [0.05, 0.1) is 19.2 Å². The number of hydrogen-bond acceptors (Lipinski definition) is 5. The van der Waals surface area contributed by atoms with Crippen LogP contribution in [0.1, 0.15) is 43.2 Å². The minimum atomic E-state index is -0.435. The lowest BCUT2D eigenvalue weighted by molar-refractivity contribution is -0.163. The molecule has 2 heterocycles. The third-order valence-corrected chi connectivity index (χ3v) is 4.33. The Morgan fingerprint density at radius 2 is 2.04 bits per heavy atom. The largest absolute Gasteiger partial charge is 0.394 e. The van der Waals surface area contributed by atoms with Crippen LogP contribution in [0.2, 0.25) is 0 Å². The van der Waals surface area contributed by atoms with Gasteiger partial charge in [0.1, 0.15) is 18.5 Å². The fourth-order valence-electron chi connectivity index (χ4n) is 3.38. The minimum Gasteiger partial charge on any atom is -0.394 e. The topological polar surface area (TPSA) is 80.5 Å². The lowest BCUT2D eigenvalue weighted by atomic mass is 9.96. The van der Waals surface area contributed by atoms with Gasteiger partial charge in [0, 0.05) is 6.04 Å². The number of morpholine rings is 1. The van der Waals surface area contributed by atoms with Crippen molar-refractivity contribution in [3.8, 4) is 0 Å². The summed E-state index contributed by atoms with van der Waals surface area (Å²) in [4.78, 5) is 18.9. The zero-order chi connectivity index (χ0) is 18.0. The zero-order valence-corrected chi connectivity index (χ0v) is 14.8. The van der Waals surface area contributed by atoms with Crippen LogP contribution in [0.3, 0.4) is 0 Å². The Hall–Kier alpha value is -2.25. The predicted molar refractivity (Wildman–Crippen MR) is 91.7 cm³/mol. The molecule has 1 aromatic heterocycles. The number of benzene rings is 1. The summed E-state index contributed by atoms with van der Waals surface area (Å²) < 4.78 is 7.60. The second-order valence-corrected chi connectivity index (χ2v) is 6.45. The van der Waals surface area contributed by atoms with Crippen LogP contribution in [-0.4, -0.2) is 49.9 Å². The molecule has 0 radical (unpaired) electrons. The lowest BCUT2D eigenvalue weighted by Gasteiger charge is -2.43. The van der Waals surface area contributed by atoms with Crippen LogP contribution in [0.4, 0.5) is 0 Å². The van der Waals surface area contributed by atoms with E-state index in [1.807, 2.05) is 56.0 Å². The van der Waals surface area contributed by atoms with Crippen molar-refractivity contribution in [3.63, 3.8) is 0 Å². The van der Waals surface area contributed by atoms with E-state index in [2.05, 4.69) is 10.1 Å². The normalized spacial score (nSPS) is 21.2. The van der Waals surface area contributed by atoms with Crippen molar-refractivity contribution in [1.82, 2.24) is 19.7 Å². The van der Waals surface area contributed by atoms with Gasteiger partial charge in [-0.15, -0.1) is 0 Å². The van der Waals surface area contributed by atoms with E-state index in [0.29, 0.717) is 18.2 Å². The molecule has 1 fully saturated rings. The minimum absolute atomic E-state index is 0.0111. The van der Waals surface area contributed by atoms with Crippen LogP contribution in [0.15, 0.2) is 30.3 Å². The fourth-order valence-corrected chi connectivity index (χ4v) is 3.38. The van der Waals surface area contributed by atoms with Crippen molar-refractivity contribution in [2.24, 2.45) is 0 Å². The number of carbonyl (C=O) groups is 1. The molecule has 3 rings (SSSR count). The number of aryl methyl sites for hydroxylation is 1. The zero-order valence-electron chi connectivity index (χ0n) is 14.8. The summed E-state index contributed by atoms with van der Waals surface area (Å²) >= 11 is 0. The molecule has 0 saturated carbocycles. The first kappa shape index (κ1) is 17.6. The quantitative estimate of drug-likeness (QED) is 0.892. The van der Waals surface area contributed by atoms with Crippen LogP contribution in [0.5, 0.6) is 0 Å². The summed E-state index contributed by atoms with van der Waals surface area (Å²) in [7, 11) is 0. The highest BCUT2D eigenvalue weighted by molar-refractivity contribution is 5.79. The Morgan fingerprint density at radius 3 is 2.68 bits per heavy atom. The number of amides is 1. The van der Waals surface area contributed by atoms with Crippen LogP contribution in [0, 0.1) is 6.92 Å². The number of carbonyl (C=O) groups excluding carboxylic acids is 1. The predicted octanol–water partition coefficient (Wildman–Crippen LogP) is 1.63. The molecule has 134 valence electrons. The van der Waals surface area contributed by atoms with Gasteiger partial charge < -0.3 is 14.7 Å². The molecular weight excluding hydrogens is 320 g/mol. The van der Waals surface area contributed by atoms with Crippen molar-refractivity contribution in [3.05, 3.63) is 47.5 Å². The van der Waals surface area contributed by atoms with Crippen LogP contribution < -0.4 is 0 Å². The summed E-state index contributed by atoms with van der Waals surface area (Å²) in [6.45, 7) is 6.12. The number of aromatic nitrogens is 3. The van der Waals surface area contributed by atoms with Gasteiger partial charge >= 0.3 is 0 Å². The summed E-state index contributed by atoms with van der Waals surface area (Å²) in [5, 5.41) is 13.7. The van der Waals surface area contributed by atoms with E-state index >= 15 is 0 Å². The Bertz CT molecular complexity index is 729. The maximum atomic E-state index is 12.5. The molecule has 7 heteroatoms. The monoisotopic (exact) mass is 344 g/mol. The number of rotatable bonds is 5. The molecule has 0 aliphatic carbocycles. The molecule has 0 bridgehead atoms. The number of aliphatic hydroxyl groups is 1. The molecule has 2 atom stereocenters. The highest BCUT2D eigenvalue weighted by atomic mass is 16.5. The van der Waals surface area contributed by atoms with Gasteiger partial charge in [-0.25, -0.2) is 9.67 Å². The van der Waals surface area contributed by atoms with Crippen LogP contribution in [0.25, 0.3) is 0 Å². The molecule has 0 spiro atoms. The van der Waals surface area contributed by atoms with E-state index < -0.39 is 6.10 Å². The maximum absolute atomic E-state index is 12.5. The lowest BCUT2D eigenvalue weighted by Crippen LogP contribution is -2.49. The molecule has 2 aromatic rings. The SMILES string of the molecule is Cc1nc([C@H]2OCC(=O)N(C(C)C)[C@@H]2c2ccccc2)n(CCO)n1. The summed E-state index contributed by atoms with van der Waals surface area (Å²) in [5.41, 5.74) is 0.991. The Labute approximate surface area is 147 Å². The van der Waals surface area contributed by atoms with Crippen molar-refractivity contribution in [1.29, 1.82) is 0 Å². The van der Waals surface area contributed by atoms with E-state index in [9.17, 15) is 9.90 Å². The van der Waals surface area contributed by atoms with Gasteiger partial charge in [-0.2, -0.15) is 5.10 Å². The Morgan fingerprint density at radius 1 is 1.32 bits per heavy atom. The average molecular weight is 344 g/mol. The fraction of sp³-hybridized carbons (Fsp3) is 0.500. The number of hydrogen-bond donors (Lipinski definition) is 1. The average Bonchev–Trinajstić information content (AvgIpc) is 2.95. The third kappa shape index (κ3) is 3.43. The van der Waals surface area contributed by atoms with Crippen molar-refractivity contribution in [2.75, 3.05) is 13.2 Å². The summed E-state index contributed by atoms with van der Waals surface area (Å²) in [5.74, 6) is 1.22. The number of ether oxygens (including phenoxy) is 1. The van der Waals surface area contributed by atoms with Gasteiger partial charge in [0.15, 0.2) is 5.82 Å². The van der Waals surface area contributed by atoms with Crippen molar-refractivity contribution < 1.29 is 14.6 Å². The molecule has 0 unspecified atom stereocenters. The van der Waals surface area contributed by atoms with Crippen LogP contribution >= 0.6 is 0 Å². The van der Waals surface area contributed by atoms with Gasteiger partial charge in [-0.3, -0.25) is 4.79 Å². The Kier molecular flexibility index (Phi) is 5.15. The van der Waals surface area contributed by atoms with Gasteiger partial charge in [-0.1, -0.05) is 30.3 Å². The molecule has 25 heavy (non-hydrogen) atoms. The van der Waals surface area contributed by atoms with E-state index in [4.69, 9.17) is 4.74 Å². The van der Waals surface area contributed by atoms with Gasteiger partial charge in [-0.05, 0) is 26.3 Å². The first-order valence-electron chi connectivity index (χ1n) is 8.53. The van der Waals surface area contributed by atoms with Crippen LogP contribution in [-0.2, 0) is 16.1 Å². The molecule has 1 amide bonds. The molecular formula is C18H24N4O3. The smallest absolute Gasteiger partial charge is 0.249 e. The maximum Gasteiger partial charge on any atom is 0.249 e. The highest BCUT2D eigenvalue weighted by Gasteiger charge is 2.42. The third-order valence-electron chi connectivity index (χ3n) is 4.33. The molecule has 1 aliphatic heterocycles. The molecule has 1 saturated heterocycles. The molecule has 1 aromatic carbocycles. The van der Waals surface area contributed by atoms with Gasteiger partial charge in [0.2, 0.25) is 5.91 Å². The van der Waals surface area contributed by atoms with E-state index in [1.54, 1.807) is 4.68 Å². The second-order valence-electron chi connectivity index (χ2n) is 6.45. The number of nitrogens with zero attached hydrogens (tertiary/aromatic N) is 4. The Balaban J connectivity index is 2.09. The summed E-state index contributed by atoms with van der Waals surface area (Å²) in [6.07, 6.45) is -0.435. The van der Waals surface area contributed by atoms with E-state index in [1.165, 1.54) is 0 Å². The molecule has 1 N–H and O–H groups in total. The molecule has 1 aliphatic rings. The van der Waals surface area contributed by atoms with E-state index in [0.717, 1.165) is 5.56 Å². The first-order chi connectivity index (χ1) is 12.0. The van der Waals surface area contributed by atoms with Crippen molar-refractivity contribution >= 4 is 5.91 Å². The highest BCUT2D eigenvalue weighted by Crippen LogP contribution is 2.40. The molecule has 7 nitrogen and oxygen atoms in total. The summed E-state index contributed by atoms with van der Waals surface area (Å²) in [6, 6.07) is 9.58. The standard InChI is InChI=1S/C18H24N4O3/c1-12(2)22-15(24)11-25-17(16(22)14-7-5-4-6-8-14)18-19-13(3)20-21(18)9-10-23/h4-8,12,16-17,23H,9-11H2,1-3H3/t16-,17+/m1/s1. The number of aliphatic hydroxyl groups excluding tert-OH is 1. The van der Waals surface area contributed by atoms with E-state index in [-0.39, 0.29) is 31.2 Å². The second kappa shape index (κ2) is 7.33. The van der Waals surface area contributed by atoms with Gasteiger partial charge in [0.25, 0.3) is 0 Å².